The molecule has 114 valence electrons. The van der Waals surface area contributed by atoms with Crippen LogP contribution in [0.4, 0.5) is 10.1 Å². The summed E-state index contributed by atoms with van der Waals surface area (Å²) in [5, 5.41) is 0. The summed E-state index contributed by atoms with van der Waals surface area (Å²) < 4.78 is 14.2. The number of halogens is 1. The van der Waals surface area contributed by atoms with E-state index in [1.807, 2.05) is 19.1 Å². The van der Waals surface area contributed by atoms with Crippen LogP contribution in [0, 0.1) is 5.82 Å². The Morgan fingerprint density at radius 2 is 1.95 bits per heavy atom. The van der Waals surface area contributed by atoms with Crippen molar-refractivity contribution in [3.05, 3.63) is 29.6 Å². The van der Waals surface area contributed by atoms with Gasteiger partial charge in [0.15, 0.2) is 0 Å². The minimum Gasteiger partial charge on any atom is -0.369 e. The SMILES string of the molecule is CCN(CCCN(C)C)c1ccc(CC(C)N)cc1F. The Labute approximate surface area is 122 Å². The summed E-state index contributed by atoms with van der Waals surface area (Å²) >= 11 is 0. The Kier molecular flexibility index (Phi) is 6.96. The highest BCUT2D eigenvalue weighted by Crippen LogP contribution is 2.21. The second-order valence-corrected chi connectivity index (χ2v) is 5.70. The molecule has 1 rings (SSSR count). The Morgan fingerprint density at radius 3 is 2.45 bits per heavy atom. The van der Waals surface area contributed by atoms with Crippen molar-refractivity contribution in [1.82, 2.24) is 4.90 Å². The average Bonchev–Trinajstić information content (AvgIpc) is 2.34. The summed E-state index contributed by atoms with van der Waals surface area (Å²) in [6, 6.07) is 5.54. The summed E-state index contributed by atoms with van der Waals surface area (Å²) in [5.74, 6) is -0.144. The summed E-state index contributed by atoms with van der Waals surface area (Å²) in [6.45, 7) is 6.70. The molecular weight excluding hydrogens is 253 g/mol. The van der Waals surface area contributed by atoms with Crippen LogP contribution in [0.3, 0.4) is 0 Å². The number of nitrogens with two attached hydrogens (primary N) is 1. The van der Waals surface area contributed by atoms with Gasteiger partial charge in [0, 0.05) is 19.1 Å². The summed E-state index contributed by atoms with van der Waals surface area (Å²) in [6.07, 6.45) is 1.74. The molecule has 0 amide bonds. The maximum Gasteiger partial charge on any atom is 0.146 e. The molecule has 0 spiro atoms. The van der Waals surface area contributed by atoms with Gasteiger partial charge in [-0.15, -0.1) is 0 Å². The molecule has 1 aromatic carbocycles. The van der Waals surface area contributed by atoms with Gasteiger partial charge in [0.25, 0.3) is 0 Å². The molecule has 0 aromatic heterocycles. The standard InChI is InChI=1S/C16H28FN3/c1-5-20(10-6-9-19(3)4)16-8-7-14(11-13(2)18)12-15(16)17/h7-8,12-13H,5-6,9-11,18H2,1-4H3. The van der Waals surface area contributed by atoms with E-state index in [-0.39, 0.29) is 11.9 Å². The fourth-order valence-electron chi connectivity index (χ4n) is 2.33. The Bertz CT molecular complexity index is 405. The third-order valence-corrected chi connectivity index (χ3v) is 3.33. The molecule has 3 nitrogen and oxygen atoms in total. The van der Waals surface area contributed by atoms with Crippen molar-refractivity contribution in [2.45, 2.75) is 32.7 Å². The van der Waals surface area contributed by atoms with Crippen LogP contribution in [0.5, 0.6) is 0 Å². The highest BCUT2D eigenvalue weighted by molar-refractivity contribution is 5.49. The monoisotopic (exact) mass is 281 g/mol. The first-order valence-electron chi connectivity index (χ1n) is 7.37. The third-order valence-electron chi connectivity index (χ3n) is 3.33. The van der Waals surface area contributed by atoms with E-state index in [1.54, 1.807) is 6.07 Å². The van der Waals surface area contributed by atoms with Crippen LogP contribution >= 0.6 is 0 Å². The fourth-order valence-corrected chi connectivity index (χ4v) is 2.33. The molecule has 0 saturated heterocycles. The molecular formula is C16H28FN3. The van der Waals surface area contributed by atoms with Gasteiger partial charge in [-0.3, -0.25) is 0 Å². The van der Waals surface area contributed by atoms with Gasteiger partial charge >= 0.3 is 0 Å². The van der Waals surface area contributed by atoms with E-state index in [0.29, 0.717) is 12.1 Å². The largest absolute Gasteiger partial charge is 0.369 e. The fraction of sp³-hybridized carbons (Fsp3) is 0.625. The van der Waals surface area contributed by atoms with E-state index >= 15 is 0 Å². The predicted octanol–water partition coefficient (Wildman–Crippen LogP) is 2.49. The average molecular weight is 281 g/mol. The van der Waals surface area contributed by atoms with Crippen LogP contribution in [0.15, 0.2) is 18.2 Å². The van der Waals surface area contributed by atoms with Crippen LogP contribution in [0.2, 0.25) is 0 Å². The maximum absolute atomic E-state index is 14.2. The first-order valence-corrected chi connectivity index (χ1v) is 7.37. The number of anilines is 1. The molecule has 0 radical (unpaired) electrons. The number of hydrogen-bond donors (Lipinski definition) is 1. The van der Waals surface area contributed by atoms with Gasteiger partial charge in [0.1, 0.15) is 5.82 Å². The van der Waals surface area contributed by atoms with Crippen molar-refractivity contribution >= 4 is 5.69 Å². The van der Waals surface area contributed by atoms with Gasteiger partial charge in [-0.1, -0.05) is 6.07 Å². The van der Waals surface area contributed by atoms with Gasteiger partial charge in [0.2, 0.25) is 0 Å². The molecule has 0 aliphatic heterocycles. The first-order chi connectivity index (χ1) is 9.43. The number of rotatable bonds is 8. The molecule has 4 heteroatoms. The zero-order valence-electron chi connectivity index (χ0n) is 13.2. The second kappa shape index (κ2) is 8.22. The van der Waals surface area contributed by atoms with Crippen molar-refractivity contribution < 1.29 is 4.39 Å². The molecule has 1 atom stereocenters. The number of hydrogen-bond acceptors (Lipinski definition) is 3. The van der Waals surface area contributed by atoms with Gasteiger partial charge < -0.3 is 15.5 Å². The Morgan fingerprint density at radius 1 is 1.25 bits per heavy atom. The van der Waals surface area contributed by atoms with Crippen molar-refractivity contribution in [2.24, 2.45) is 5.73 Å². The Hall–Kier alpha value is -1.13. The second-order valence-electron chi connectivity index (χ2n) is 5.70. The molecule has 0 bridgehead atoms. The summed E-state index contributed by atoms with van der Waals surface area (Å²) in [5.41, 5.74) is 7.41. The van der Waals surface area contributed by atoms with Crippen LogP contribution in [-0.2, 0) is 6.42 Å². The lowest BCUT2D eigenvalue weighted by atomic mass is 10.1. The third kappa shape index (κ3) is 5.47. The lowest BCUT2D eigenvalue weighted by Crippen LogP contribution is -2.27. The minimum atomic E-state index is -0.144. The molecule has 1 unspecified atom stereocenters. The van der Waals surface area contributed by atoms with Crippen LogP contribution in [0.1, 0.15) is 25.8 Å². The summed E-state index contributed by atoms with van der Waals surface area (Å²) in [7, 11) is 4.11. The van der Waals surface area contributed by atoms with Crippen LogP contribution in [-0.4, -0.2) is 44.7 Å². The highest BCUT2D eigenvalue weighted by Gasteiger charge is 2.11. The van der Waals surface area contributed by atoms with Gasteiger partial charge in [-0.05, 0) is 65.0 Å². The van der Waals surface area contributed by atoms with E-state index in [0.717, 1.165) is 31.6 Å². The van der Waals surface area contributed by atoms with Crippen molar-refractivity contribution in [1.29, 1.82) is 0 Å². The molecule has 0 aliphatic carbocycles. The lowest BCUT2D eigenvalue weighted by Gasteiger charge is -2.25. The summed E-state index contributed by atoms with van der Waals surface area (Å²) in [4.78, 5) is 4.24. The van der Waals surface area contributed by atoms with Crippen molar-refractivity contribution in [3.8, 4) is 0 Å². The van der Waals surface area contributed by atoms with E-state index in [4.69, 9.17) is 5.73 Å². The molecule has 2 N–H and O–H groups in total. The van der Waals surface area contributed by atoms with Gasteiger partial charge in [0.05, 0.1) is 5.69 Å². The van der Waals surface area contributed by atoms with E-state index in [2.05, 4.69) is 30.8 Å². The quantitative estimate of drug-likeness (QED) is 0.794. The van der Waals surface area contributed by atoms with Crippen LogP contribution in [0.25, 0.3) is 0 Å². The molecule has 0 aliphatic rings. The van der Waals surface area contributed by atoms with Crippen molar-refractivity contribution in [3.63, 3.8) is 0 Å². The van der Waals surface area contributed by atoms with E-state index in [1.165, 1.54) is 0 Å². The lowest BCUT2D eigenvalue weighted by molar-refractivity contribution is 0.400. The minimum absolute atomic E-state index is 0.0580. The molecule has 0 heterocycles. The topological polar surface area (TPSA) is 32.5 Å². The van der Waals surface area contributed by atoms with Gasteiger partial charge in [-0.2, -0.15) is 0 Å². The Balaban J connectivity index is 2.72. The van der Waals surface area contributed by atoms with E-state index < -0.39 is 0 Å². The molecule has 1 aromatic rings. The molecule has 20 heavy (non-hydrogen) atoms. The number of nitrogens with zero attached hydrogens (tertiary/aromatic N) is 2. The predicted molar refractivity (Wildman–Crippen MR) is 84.8 cm³/mol. The zero-order chi connectivity index (χ0) is 15.1. The normalized spacial score (nSPS) is 12.8. The number of benzene rings is 1. The molecule has 0 fully saturated rings. The highest BCUT2D eigenvalue weighted by atomic mass is 19.1. The molecule has 0 saturated carbocycles. The van der Waals surface area contributed by atoms with Crippen molar-refractivity contribution in [2.75, 3.05) is 38.6 Å². The maximum atomic E-state index is 14.2. The van der Waals surface area contributed by atoms with Crippen LogP contribution < -0.4 is 10.6 Å². The first kappa shape index (κ1) is 16.9. The zero-order valence-corrected chi connectivity index (χ0v) is 13.2. The smallest absolute Gasteiger partial charge is 0.146 e. The van der Waals surface area contributed by atoms with Gasteiger partial charge in [-0.25, -0.2) is 4.39 Å². The van der Waals surface area contributed by atoms with E-state index in [9.17, 15) is 4.39 Å².